The molecule has 2 atom stereocenters. The average Bonchev–Trinajstić information content (AvgIpc) is 3.11. The molecule has 9 nitrogen and oxygen atoms in total. The molecule has 1 amide bonds. The van der Waals surface area contributed by atoms with E-state index in [1.807, 2.05) is 0 Å². The van der Waals surface area contributed by atoms with Crippen molar-refractivity contribution in [2.75, 3.05) is 18.2 Å². The summed E-state index contributed by atoms with van der Waals surface area (Å²) < 4.78 is 52.7. The molecule has 2 aromatic heterocycles. The largest absolute Gasteiger partial charge is 0.399 e. The highest BCUT2D eigenvalue weighted by Crippen LogP contribution is 2.49. The Hall–Kier alpha value is -2.60. The third kappa shape index (κ3) is 4.75. The SMILES string of the molecule is CON=C(C(=O)Nc1cn(-c2cccnc2)nc1Cl)C(C)S(=O)(=O)CC1CC1(F)F. The van der Waals surface area contributed by atoms with E-state index in [1.165, 1.54) is 24.0 Å². The fourth-order valence-corrected chi connectivity index (χ4v) is 4.57. The van der Waals surface area contributed by atoms with Gasteiger partial charge in [-0.15, -0.1) is 0 Å². The molecule has 1 fully saturated rings. The standard InChI is InChI=1S/C17H18ClF2N5O4S/c1-10(30(27,28)9-11-6-17(11,19)20)14(24-29-2)16(26)22-13-8-25(23-15(13)18)12-4-3-5-21-7-12/h3-5,7-8,10-11H,6,9H2,1-2H3,(H,22,26). The Morgan fingerprint density at radius 1 is 1.53 bits per heavy atom. The number of hydrogen-bond acceptors (Lipinski definition) is 7. The van der Waals surface area contributed by atoms with Gasteiger partial charge in [-0.1, -0.05) is 16.8 Å². The van der Waals surface area contributed by atoms with Crippen molar-refractivity contribution in [1.82, 2.24) is 14.8 Å². The van der Waals surface area contributed by atoms with Crippen molar-refractivity contribution < 1.29 is 26.8 Å². The van der Waals surface area contributed by atoms with Crippen molar-refractivity contribution in [3.63, 3.8) is 0 Å². The van der Waals surface area contributed by atoms with Gasteiger partial charge in [0.05, 0.1) is 29.5 Å². The second-order valence-electron chi connectivity index (χ2n) is 6.74. The molecule has 3 rings (SSSR count). The van der Waals surface area contributed by atoms with Gasteiger partial charge in [-0.05, 0) is 19.1 Å². The van der Waals surface area contributed by atoms with Crippen LogP contribution in [-0.2, 0) is 19.5 Å². The molecule has 30 heavy (non-hydrogen) atoms. The zero-order valence-electron chi connectivity index (χ0n) is 15.9. The zero-order valence-corrected chi connectivity index (χ0v) is 17.5. The molecule has 1 N–H and O–H groups in total. The van der Waals surface area contributed by atoms with E-state index in [9.17, 15) is 22.0 Å². The Morgan fingerprint density at radius 3 is 2.80 bits per heavy atom. The van der Waals surface area contributed by atoms with Gasteiger partial charge in [0, 0.05) is 18.5 Å². The lowest BCUT2D eigenvalue weighted by Crippen LogP contribution is -2.38. The summed E-state index contributed by atoms with van der Waals surface area (Å²) in [6, 6.07) is 3.39. The molecule has 162 valence electrons. The van der Waals surface area contributed by atoms with Crippen molar-refractivity contribution in [3.05, 3.63) is 35.9 Å². The number of carbonyl (C=O) groups is 1. The van der Waals surface area contributed by atoms with Gasteiger partial charge in [0.25, 0.3) is 11.8 Å². The van der Waals surface area contributed by atoms with Gasteiger partial charge >= 0.3 is 0 Å². The van der Waals surface area contributed by atoms with Crippen LogP contribution in [0.4, 0.5) is 14.5 Å². The number of pyridine rings is 1. The second kappa shape index (κ2) is 8.26. The van der Waals surface area contributed by atoms with Crippen molar-refractivity contribution >= 4 is 38.7 Å². The second-order valence-corrected chi connectivity index (χ2v) is 9.46. The summed E-state index contributed by atoms with van der Waals surface area (Å²) in [5.41, 5.74) is 0.172. The minimum absolute atomic E-state index is 0.0582. The number of nitrogens with one attached hydrogen (secondary N) is 1. The van der Waals surface area contributed by atoms with Gasteiger partial charge in [0.2, 0.25) is 0 Å². The maximum absolute atomic E-state index is 13.1. The van der Waals surface area contributed by atoms with Gasteiger partial charge in [-0.25, -0.2) is 21.9 Å². The molecule has 0 aliphatic heterocycles. The maximum atomic E-state index is 13.1. The van der Waals surface area contributed by atoms with E-state index in [2.05, 4.69) is 25.4 Å². The van der Waals surface area contributed by atoms with E-state index in [0.29, 0.717) is 5.69 Å². The Balaban J connectivity index is 1.78. The highest BCUT2D eigenvalue weighted by Gasteiger charge is 2.58. The fraction of sp³-hybridized carbons (Fsp3) is 0.412. The van der Waals surface area contributed by atoms with E-state index in [4.69, 9.17) is 11.6 Å². The van der Waals surface area contributed by atoms with Crippen LogP contribution in [0.15, 0.2) is 35.9 Å². The first kappa shape index (κ1) is 22.1. The molecule has 2 aromatic rings. The molecule has 0 spiro atoms. The van der Waals surface area contributed by atoms with Gasteiger partial charge in [-0.2, -0.15) is 5.10 Å². The molecule has 0 bridgehead atoms. The molecule has 13 heteroatoms. The lowest BCUT2D eigenvalue weighted by molar-refractivity contribution is -0.110. The summed E-state index contributed by atoms with van der Waals surface area (Å²) in [6.45, 7) is 1.19. The molecule has 2 unspecified atom stereocenters. The van der Waals surface area contributed by atoms with Crippen LogP contribution in [0, 0.1) is 5.92 Å². The van der Waals surface area contributed by atoms with Crippen molar-refractivity contribution in [1.29, 1.82) is 0 Å². The molecule has 1 aliphatic rings. The number of nitrogens with zero attached hydrogens (tertiary/aromatic N) is 4. The molecular weight excluding hydrogens is 444 g/mol. The number of hydrogen-bond donors (Lipinski definition) is 1. The molecule has 0 saturated heterocycles. The van der Waals surface area contributed by atoms with Crippen LogP contribution in [0.1, 0.15) is 13.3 Å². The van der Waals surface area contributed by atoms with E-state index >= 15 is 0 Å². The lowest BCUT2D eigenvalue weighted by atomic mass is 10.2. The van der Waals surface area contributed by atoms with Crippen LogP contribution < -0.4 is 5.32 Å². The van der Waals surface area contributed by atoms with Gasteiger partial charge in [0.15, 0.2) is 20.7 Å². The summed E-state index contributed by atoms with van der Waals surface area (Å²) >= 11 is 6.06. The maximum Gasteiger partial charge on any atom is 0.274 e. The number of alkyl halides is 2. The molecular formula is C17H18ClF2N5O4S. The third-order valence-electron chi connectivity index (χ3n) is 4.56. The quantitative estimate of drug-likeness (QED) is 0.476. The molecule has 1 aliphatic carbocycles. The average molecular weight is 462 g/mol. The van der Waals surface area contributed by atoms with Gasteiger partial charge in [0.1, 0.15) is 12.4 Å². The first-order valence-electron chi connectivity index (χ1n) is 8.72. The fourth-order valence-electron chi connectivity index (χ4n) is 2.69. The number of halogens is 3. The van der Waals surface area contributed by atoms with E-state index in [0.717, 1.165) is 7.11 Å². The number of rotatable bonds is 8. The van der Waals surface area contributed by atoms with Crippen LogP contribution in [0.3, 0.4) is 0 Å². The number of aromatic nitrogens is 3. The van der Waals surface area contributed by atoms with Crippen LogP contribution in [0.5, 0.6) is 0 Å². The van der Waals surface area contributed by atoms with Crippen LogP contribution >= 0.6 is 11.6 Å². The topological polar surface area (TPSA) is 116 Å². The Labute approximate surface area is 176 Å². The van der Waals surface area contributed by atoms with Crippen LogP contribution in [0.25, 0.3) is 5.69 Å². The smallest absolute Gasteiger partial charge is 0.274 e. The summed E-state index contributed by atoms with van der Waals surface area (Å²) in [7, 11) is -2.95. The molecule has 1 saturated carbocycles. The van der Waals surface area contributed by atoms with E-state index in [-0.39, 0.29) is 10.8 Å². The zero-order chi connectivity index (χ0) is 22.1. The molecule has 0 aromatic carbocycles. The molecule has 0 radical (unpaired) electrons. The van der Waals surface area contributed by atoms with Crippen LogP contribution in [0.2, 0.25) is 5.15 Å². The first-order valence-corrected chi connectivity index (χ1v) is 10.8. The predicted molar refractivity (Wildman–Crippen MR) is 106 cm³/mol. The summed E-state index contributed by atoms with van der Waals surface area (Å²) in [4.78, 5) is 21.2. The Kier molecular flexibility index (Phi) is 6.09. The van der Waals surface area contributed by atoms with Crippen molar-refractivity contribution in [3.8, 4) is 5.69 Å². The van der Waals surface area contributed by atoms with Gasteiger partial charge < -0.3 is 10.2 Å². The lowest BCUT2D eigenvalue weighted by Gasteiger charge is -2.14. The predicted octanol–water partition coefficient (Wildman–Crippen LogP) is 2.32. The van der Waals surface area contributed by atoms with Gasteiger partial charge in [-0.3, -0.25) is 9.78 Å². The number of oxime groups is 1. The number of carbonyl (C=O) groups excluding carboxylic acids is 1. The third-order valence-corrected chi connectivity index (χ3v) is 7.01. The normalized spacial score (nSPS) is 19.2. The highest BCUT2D eigenvalue weighted by molar-refractivity contribution is 7.92. The van der Waals surface area contributed by atoms with Crippen molar-refractivity contribution in [2.24, 2.45) is 11.1 Å². The monoisotopic (exact) mass is 461 g/mol. The highest BCUT2D eigenvalue weighted by atomic mass is 35.5. The minimum atomic E-state index is -4.09. The minimum Gasteiger partial charge on any atom is -0.399 e. The number of sulfone groups is 1. The Bertz CT molecular complexity index is 1080. The Morgan fingerprint density at radius 2 is 2.23 bits per heavy atom. The number of anilines is 1. The van der Waals surface area contributed by atoms with Crippen molar-refractivity contribution in [2.45, 2.75) is 24.5 Å². The summed E-state index contributed by atoms with van der Waals surface area (Å²) in [5.74, 6) is -5.93. The summed E-state index contributed by atoms with van der Waals surface area (Å²) in [6.07, 6.45) is 4.01. The molecule has 2 heterocycles. The van der Waals surface area contributed by atoms with E-state index in [1.54, 1.807) is 18.3 Å². The van der Waals surface area contributed by atoms with E-state index < -0.39 is 50.7 Å². The summed E-state index contributed by atoms with van der Waals surface area (Å²) in [5, 5.41) is 8.45. The van der Waals surface area contributed by atoms with Crippen LogP contribution in [-0.4, -0.2) is 58.8 Å². The number of amides is 1. The first-order chi connectivity index (χ1) is 14.0.